The van der Waals surface area contributed by atoms with Crippen molar-refractivity contribution in [3.05, 3.63) is 29.1 Å². The fraction of sp³-hybridized carbons (Fsp3) is 0.357. The molecule has 0 radical (unpaired) electrons. The Morgan fingerprint density at radius 1 is 1.42 bits per heavy atom. The third kappa shape index (κ3) is 2.31. The minimum absolute atomic E-state index is 0.111. The van der Waals surface area contributed by atoms with Gasteiger partial charge in [-0.05, 0) is 24.8 Å². The van der Waals surface area contributed by atoms with Crippen molar-refractivity contribution in [2.24, 2.45) is 5.92 Å². The van der Waals surface area contributed by atoms with Crippen LogP contribution in [0.4, 0.5) is 5.69 Å². The number of thiophene rings is 1. The van der Waals surface area contributed by atoms with Gasteiger partial charge in [-0.1, -0.05) is 18.2 Å². The number of nitrogens with one attached hydrogen (secondary N) is 1. The van der Waals surface area contributed by atoms with Gasteiger partial charge < -0.3 is 16.2 Å². The van der Waals surface area contributed by atoms with Crippen LogP contribution in [0.5, 0.6) is 0 Å². The molecule has 1 aliphatic carbocycles. The number of anilines is 1. The monoisotopic (exact) mass is 276 g/mol. The highest BCUT2D eigenvalue weighted by Crippen LogP contribution is 2.33. The normalized spacial score (nSPS) is 22.2. The van der Waals surface area contributed by atoms with Crippen LogP contribution < -0.4 is 11.1 Å². The molecular formula is C14H16N2O2S. The van der Waals surface area contributed by atoms with Gasteiger partial charge in [-0.3, -0.25) is 4.79 Å². The van der Waals surface area contributed by atoms with Crippen molar-refractivity contribution < 1.29 is 9.90 Å². The molecular weight excluding hydrogens is 260 g/mol. The number of amides is 1. The van der Waals surface area contributed by atoms with E-state index in [-0.39, 0.29) is 12.0 Å². The first kappa shape index (κ1) is 12.4. The maximum absolute atomic E-state index is 12.1. The van der Waals surface area contributed by atoms with Crippen LogP contribution in [0.1, 0.15) is 22.5 Å². The lowest BCUT2D eigenvalue weighted by molar-refractivity contribution is 0.0420. The van der Waals surface area contributed by atoms with Crippen LogP contribution in [0.2, 0.25) is 0 Å². The average molecular weight is 276 g/mol. The van der Waals surface area contributed by atoms with Crippen molar-refractivity contribution in [3.8, 4) is 0 Å². The number of aliphatic hydroxyl groups excluding tert-OH is 1. The molecule has 0 saturated heterocycles. The predicted molar refractivity (Wildman–Crippen MR) is 77.3 cm³/mol. The number of carbonyl (C=O) groups excluding carboxylic acids is 1. The maximum Gasteiger partial charge on any atom is 0.263 e. The lowest BCUT2D eigenvalue weighted by Crippen LogP contribution is -2.38. The Balaban J connectivity index is 1.72. The lowest BCUT2D eigenvalue weighted by atomic mass is 9.82. The Kier molecular flexibility index (Phi) is 3.16. The number of carbonyl (C=O) groups is 1. The zero-order valence-corrected chi connectivity index (χ0v) is 11.2. The molecule has 1 heterocycles. The Hall–Kier alpha value is -1.59. The van der Waals surface area contributed by atoms with Crippen LogP contribution in [0, 0.1) is 5.92 Å². The Morgan fingerprint density at radius 3 is 2.84 bits per heavy atom. The summed E-state index contributed by atoms with van der Waals surface area (Å²) in [7, 11) is 0. The molecule has 1 fully saturated rings. The van der Waals surface area contributed by atoms with Crippen molar-refractivity contribution in [3.63, 3.8) is 0 Å². The summed E-state index contributed by atoms with van der Waals surface area (Å²) in [6, 6.07) is 7.76. The number of hydrogen-bond acceptors (Lipinski definition) is 4. The second-order valence-corrected chi connectivity index (χ2v) is 6.09. The zero-order chi connectivity index (χ0) is 13.4. The Labute approximate surface area is 115 Å². The van der Waals surface area contributed by atoms with Gasteiger partial charge in [0.2, 0.25) is 0 Å². The third-order valence-electron chi connectivity index (χ3n) is 3.60. The summed E-state index contributed by atoms with van der Waals surface area (Å²) >= 11 is 1.42. The number of rotatable bonds is 3. The molecule has 1 amide bonds. The van der Waals surface area contributed by atoms with E-state index >= 15 is 0 Å². The van der Waals surface area contributed by atoms with E-state index in [1.54, 1.807) is 0 Å². The topological polar surface area (TPSA) is 75.4 Å². The number of nitrogens with two attached hydrogens (primary N) is 1. The summed E-state index contributed by atoms with van der Waals surface area (Å²) in [5.41, 5.74) is 6.59. The fourth-order valence-corrected chi connectivity index (χ4v) is 3.46. The van der Waals surface area contributed by atoms with Gasteiger partial charge in [0.15, 0.2) is 0 Å². The molecule has 2 aromatic rings. The molecule has 4 nitrogen and oxygen atoms in total. The van der Waals surface area contributed by atoms with E-state index in [1.165, 1.54) is 11.3 Å². The van der Waals surface area contributed by atoms with Crippen molar-refractivity contribution in [1.29, 1.82) is 0 Å². The second-order valence-electron chi connectivity index (χ2n) is 5.04. The predicted octanol–water partition coefficient (Wildman–Crippen LogP) is 1.98. The largest absolute Gasteiger partial charge is 0.397 e. The van der Waals surface area contributed by atoms with Gasteiger partial charge in [0.05, 0.1) is 11.8 Å². The van der Waals surface area contributed by atoms with E-state index in [0.717, 1.165) is 22.9 Å². The van der Waals surface area contributed by atoms with E-state index in [0.29, 0.717) is 23.0 Å². The minimum Gasteiger partial charge on any atom is -0.397 e. The molecule has 0 unspecified atom stereocenters. The summed E-state index contributed by atoms with van der Waals surface area (Å²) in [6.45, 7) is 0.615. The van der Waals surface area contributed by atoms with E-state index in [1.807, 2.05) is 24.3 Å². The molecule has 3 rings (SSSR count). The SMILES string of the molecule is Nc1c(C(=O)NCC2CC(O)C2)sc2ccccc12. The zero-order valence-electron chi connectivity index (χ0n) is 10.4. The van der Waals surface area contributed by atoms with E-state index in [2.05, 4.69) is 5.32 Å². The third-order valence-corrected chi connectivity index (χ3v) is 4.79. The number of hydrogen-bond donors (Lipinski definition) is 3. The first-order chi connectivity index (χ1) is 9.15. The molecule has 1 saturated carbocycles. The van der Waals surface area contributed by atoms with Crippen LogP contribution in [0.3, 0.4) is 0 Å². The standard InChI is InChI=1S/C14H16N2O2S/c15-12-10-3-1-2-4-11(10)19-13(12)14(18)16-7-8-5-9(17)6-8/h1-4,8-9,17H,5-7,15H2,(H,16,18). The molecule has 0 bridgehead atoms. The van der Waals surface area contributed by atoms with E-state index in [4.69, 9.17) is 5.73 Å². The van der Waals surface area contributed by atoms with Crippen molar-refractivity contribution in [1.82, 2.24) is 5.32 Å². The van der Waals surface area contributed by atoms with Crippen molar-refractivity contribution in [2.75, 3.05) is 12.3 Å². The Morgan fingerprint density at radius 2 is 2.16 bits per heavy atom. The summed E-state index contributed by atoms with van der Waals surface area (Å²) in [5, 5.41) is 13.1. The van der Waals surface area contributed by atoms with E-state index < -0.39 is 0 Å². The summed E-state index contributed by atoms with van der Waals surface area (Å²) in [4.78, 5) is 12.7. The number of nitrogen functional groups attached to an aromatic ring is 1. The molecule has 0 atom stereocenters. The van der Waals surface area contributed by atoms with Crippen LogP contribution in [-0.4, -0.2) is 23.7 Å². The number of benzene rings is 1. The molecule has 0 spiro atoms. The van der Waals surface area contributed by atoms with Crippen LogP contribution in [0.15, 0.2) is 24.3 Å². The molecule has 4 N–H and O–H groups in total. The first-order valence-electron chi connectivity index (χ1n) is 6.38. The summed E-state index contributed by atoms with van der Waals surface area (Å²) < 4.78 is 1.03. The minimum atomic E-state index is -0.184. The van der Waals surface area contributed by atoms with Gasteiger partial charge in [0.1, 0.15) is 4.88 Å². The van der Waals surface area contributed by atoms with Gasteiger partial charge in [0, 0.05) is 16.6 Å². The molecule has 1 aromatic heterocycles. The smallest absolute Gasteiger partial charge is 0.263 e. The second kappa shape index (κ2) is 4.83. The van der Waals surface area contributed by atoms with Crippen molar-refractivity contribution >= 4 is 33.0 Å². The summed E-state index contributed by atoms with van der Waals surface area (Å²) in [6.07, 6.45) is 1.38. The molecule has 1 aromatic carbocycles. The van der Waals surface area contributed by atoms with Gasteiger partial charge in [-0.2, -0.15) is 0 Å². The quantitative estimate of drug-likeness (QED) is 0.802. The van der Waals surface area contributed by atoms with Gasteiger partial charge >= 0.3 is 0 Å². The number of aliphatic hydroxyl groups is 1. The van der Waals surface area contributed by atoms with Crippen LogP contribution in [0.25, 0.3) is 10.1 Å². The Bertz CT molecular complexity index is 617. The lowest BCUT2D eigenvalue weighted by Gasteiger charge is -2.31. The highest BCUT2D eigenvalue weighted by molar-refractivity contribution is 7.21. The fourth-order valence-electron chi connectivity index (χ4n) is 2.42. The molecule has 1 aliphatic rings. The molecule has 19 heavy (non-hydrogen) atoms. The van der Waals surface area contributed by atoms with Crippen molar-refractivity contribution in [2.45, 2.75) is 18.9 Å². The molecule has 0 aliphatic heterocycles. The average Bonchev–Trinajstić information content (AvgIpc) is 2.71. The van der Waals surface area contributed by atoms with Gasteiger partial charge in [-0.15, -0.1) is 11.3 Å². The first-order valence-corrected chi connectivity index (χ1v) is 7.20. The van der Waals surface area contributed by atoms with Crippen LogP contribution in [-0.2, 0) is 0 Å². The maximum atomic E-state index is 12.1. The highest BCUT2D eigenvalue weighted by atomic mass is 32.1. The number of fused-ring (bicyclic) bond motifs is 1. The summed E-state index contributed by atoms with van der Waals surface area (Å²) in [5.74, 6) is 0.287. The molecule has 5 heteroatoms. The van der Waals surface area contributed by atoms with Gasteiger partial charge in [-0.25, -0.2) is 0 Å². The van der Waals surface area contributed by atoms with E-state index in [9.17, 15) is 9.90 Å². The molecule has 100 valence electrons. The van der Waals surface area contributed by atoms with Gasteiger partial charge in [0.25, 0.3) is 5.91 Å². The van der Waals surface area contributed by atoms with Crippen LogP contribution >= 0.6 is 11.3 Å². The highest BCUT2D eigenvalue weighted by Gasteiger charge is 2.27.